The average molecular weight is 453 g/mol. The molecule has 1 N–H and O–H groups in total. The Balaban J connectivity index is 1.74. The standard InChI is InChI=1S/C27H24N4O3/c1-16(30-33-3)17-8-7-9-18(14-17)28-27-25-20-13-12-19(32-2)15-22(20)26(31-34-4)24(25)21-10-5-6-11-23(21)29-27/h5-15H,1-4H3,(H,28,29)/b30-16+,31-26-. The molecule has 1 aliphatic rings. The van der Waals surface area contributed by atoms with Crippen molar-refractivity contribution >= 4 is 33.8 Å². The van der Waals surface area contributed by atoms with Gasteiger partial charge in [-0.25, -0.2) is 4.98 Å². The molecule has 170 valence electrons. The van der Waals surface area contributed by atoms with Crippen LogP contribution in [0.1, 0.15) is 23.6 Å². The molecule has 4 aromatic rings. The Morgan fingerprint density at radius 1 is 0.853 bits per heavy atom. The lowest BCUT2D eigenvalue weighted by Gasteiger charge is -2.14. The first-order valence-corrected chi connectivity index (χ1v) is 10.8. The Kier molecular flexibility index (Phi) is 5.59. The van der Waals surface area contributed by atoms with Crippen molar-refractivity contribution in [2.45, 2.75) is 6.92 Å². The second-order valence-corrected chi connectivity index (χ2v) is 7.83. The quantitative estimate of drug-likeness (QED) is 0.263. The number of fused-ring (bicyclic) bond motifs is 5. The van der Waals surface area contributed by atoms with Gasteiger partial charge in [0.2, 0.25) is 0 Å². The van der Waals surface area contributed by atoms with Crippen LogP contribution in [0.3, 0.4) is 0 Å². The number of para-hydroxylation sites is 1. The first kappa shape index (κ1) is 21.5. The molecule has 0 fully saturated rings. The lowest BCUT2D eigenvalue weighted by atomic mass is 10.0. The first-order chi connectivity index (χ1) is 16.6. The zero-order valence-electron chi connectivity index (χ0n) is 19.4. The molecule has 0 amide bonds. The minimum absolute atomic E-state index is 0.736. The van der Waals surface area contributed by atoms with Gasteiger partial charge in [0.05, 0.1) is 18.3 Å². The topological polar surface area (TPSA) is 77.3 Å². The number of nitrogens with one attached hydrogen (secondary N) is 1. The molecule has 0 spiro atoms. The number of benzene rings is 3. The van der Waals surface area contributed by atoms with Crippen LogP contribution in [-0.2, 0) is 9.68 Å². The van der Waals surface area contributed by atoms with Gasteiger partial charge >= 0.3 is 0 Å². The van der Waals surface area contributed by atoms with Crippen molar-refractivity contribution in [3.05, 3.63) is 83.4 Å². The lowest BCUT2D eigenvalue weighted by molar-refractivity contribution is 0.213. The van der Waals surface area contributed by atoms with E-state index in [1.807, 2.05) is 67.6 Å². The zero-order chi connectivity index (χ0) is 23.7. The van der Waals surface area contributed by atoms with Crippen LogP contribution in [0.15, 0.2) is 77.0 Å². The highest BCUT2D eigenvalue weighted by Crippen LogP contribution is 2.46. The second kappa shape index (κ2) is 8.86. The minimum Gasteiger partial charge on any atom is -0.497 e. The molecular formula is C27H24N4O3. The zero-order valence-corrected chi connectivity index (χ0v) is 19.4. The maximum absolute atomic E-state index is 5.49. The van der Waals surface area contributed by atoms with Gasteiger partial charge < -0.3 is 19.7 Å². The van der Waals surface area contributed by atoms with Crippen LogP contribution < -0.4 is 10.1 Å². The third-order valence-electron chi connectivity index (χ3n) is 5.83. The molecule has 34 heavy (non-hydrogen) atoms. The molecule has 0 bridgehead atoms. The van der Waals surface area contributed by atoms with Crippen LogP contribution in [-0.4, -0.2) is 37.7 Å². The fourth-order valence-electron chi connectivity index (χ4n) is 4.34. The summed E-state index contributed by atoms with van der Waals surface area (Å²) >= 11 is 0. The van der Waals surface area contributed by atoms with E-state index in [1.165, 1.54) is 0 Å². The van der Waals surface area contributed by atoms with Crippen LogP contribution >= 0.6 is 0 Å². The highest BCUT2D eigenvalue weighted by Gasteiger charge is 2.32. The number of anilines is 2. The van der Waals surface area contributed by atoms with E-state index in [4.69, 9.17) is 19.4 Å². The third-order valence-corrected chi connectivity index (χ3v) is 5.83. The Hall–Kier alpha value is -4.39. The molecule has 0 atom stereocenters. The van der Waals surface area contributed by atoms with Gasteiger partial charge in [0, 0.05) is 33.3 Å². The fourth-order valence-corrected chi connectivity index (χ4v) is 4.34. The van der Waals surface area contributed by atoms with Crippen LogP contribution in [0, 0.1) is 0 Å². The number of methoxy groups -OCH3 is 1. The average Bonchev–Trinajstić information content (AvgIpc) is 3.19. The van der Waals surface area contributed by atoms with Crippen LogP contribution in [0.4, 0.5) is 11.5 Å². The molecule has 7 heteroatoms. The van der Waals surface area contributed by atoms with E-state index in [0.29, 0.717) is 0 Å². The van der Waals surface area contributed by atoms with E-state index in [2.05, 4.69) is 21.7 Å². The number of pyridine rings is 1. The van der Waals surface area contributed by atoms with Crippen molar-refractivity contribution in [2.75, 3.05) is 26.6 Å². The summed E-state index contributed by atoms with van der Waals surface area (Å²) in [5, 5.41) is 13.0. The number of hydrogen-bond donors (Lipinski definition) is 1. The van der Waals surface area contributed by atoms with Gasteiger partial charge in [-0.05, 0) is 48.9 Å². The molecule has 0 saturated heterocycles. The summed E-state index contributed by atoms with van der Waals surface area (Å²) in [6.45, 7) is 1.91. The second-order valence-electron chi connectivity index (χ2n) is 7.83. The predicted molar refractivity (Wildman–Crippen MR) is 135 cm³/mol. The van der Waals surface area contributed by atoms with Crippen molar-refractivity contribution in [1.82, 2.24) is 4.98 Å². The Bertz CT molecular complexity index is 1460. The maximum atomic E-state index is 5.49. The molecule has 5 rings (SSSR count). The molecule has 1 aliphatic carbocycles. The lowest BCUT2D eigenvalue weighted by Crippen LogP contribution is -2.04. The molecule has 0 radical (unpaired) electrons. The number of ether oxygens (including phenoxy) is 1. The summed E-state index contributed by atoms with van der Waals surface area (Å²) < 4.78 is 5.49. The molecule has 3 aromatic carbocycles. The molecule has 1 aromatic heterocycles. The molecule has 0 saturated carbocycles. The monoisotopic (exact) mass is 452 g/mol. The van der Waals surface area contributed by atoms with Crippen molar-refractivity contribution in [1.29, 1.82) is 0 Å². The first-order valence-electron chi connectivity index (χ1n) is 10.8. The number of aromatic nitrogens is 1. The van der Waals surface area contributed by atoms with Gasteiger partial charge in [0.1, 0.15) is 31.5 Å². The van der Waals surface area contributed by atoms with Gasteiger partial charge in [-0.2, -0.15) is 0 Å². The van der Waals surface area contributed by atoms with E-state index in [-0.39, 0.29) is 0 Å². The van der Waals surface area contributed by atoms with E-state index in [9.17, 15) is 0 Å². The largest absolute Gasteiger partial charge is 0.497 e. The van der Waals surface area contributed by atoms with Gasteiger partial charge in [-0.15, -0.1) is 0 Å². The van der Waals surface area contributed by atoms with Crippen LogP contribution in [0.25, 0.3) is 22.0 Å². The molecule has 1 heterocycles. The molecular weight excluding hydrogens is 428 g/mol. The number of rotatable bonds is 6. The van der Waals surface area contributed by atoms with Crippen molar-refractivity contribution in [3.8, 4) is 16.9 Å². The van der Waals surface area contributed by atoms with Gasteiger partial charge in [-0.1, -0.05) is 40.6 Å². The minimum atomic E-state index is 0.736. The third kappa shape index (κ3) is 3.61. The fraction of sp³-hybridized carbons (Fsp3) is 0.148. The predicted octanol–water partition coefficient (Wildman–Crippen LogP) is 5.74. The number of nitrogens with zero attached hydrogens (tertiary/aromatic N) is 3. The Morgan fingerprint density at radius 2 is 1.71 bits per heavy atom. The highest BCUT2D eigenvalue weighted by atomic mass is 16.6. The highest BCUT2D eigenvalue weighted by molar-refractivity contribution is 6.31. The van der Waals surface area contributed by atoms with E-state index >= 15 is 0 Å². The maximum Gasteiger partial charge on any atom is 0.139 e. The van der Waals surface area contributed by atoms with Crippen LogP contribution in [0.2, 0.25) is 0 Å². The van der Waals surface area contributed by atoms with Crippen molar-refractivity contribution < 1.29 is 14.4 Å². The van der Waals surface area contributed by atoms with Gasteiger partial charge in [0.25, 0.3) is 0 Å². The number of hydrogen-bond acceptors (Lipinski definition) is 7. The van der Waals surface area contributed by atoms with E-state index in [1.54, 1.807) is 21.3 Å². The summed E-state index contributed by atoms with van der Waals surface area (Å²) in [4.78, 5) is 15.2. The summed E-state index contributed by atoms with van der Waals surface area (Å²) in [7, 11) is 4.75. The van der Waals surface area contributed by atoms with E-state index < -0.39 is 0 Å². The summed E-state index contributed by atoms with van der Waals surface area (Å²) in [6.07, 6.45) is 0. The summed E-state index contributed by atoms with van der Waals surface area (Å²) in [5.74, 6) is 1.49. The van der Waals surface area contributed by atoms with Crippen molar-refractivity contribution in [2.24, 2.45) is 10.3 Å². The van der Waals surface area contributed by atoms with Crippen molar-refractivity contribution in [3.63, 3.8) is 0 Å². The van der Waals surface area contributed by atoms with Gasteiger partial charge in [0.15, 0.2) is 0 Å². The summed E-state index contributed by atoms with van der Waals surface area (Å²) in [5.41, 5.74) is 8.15. The SMILES string of the molecule is CO/N=C1/c2cc(OC)ccc2-c2c(Nc3cccc(/C(C)=N/OC)c3)nc3ccccc3c21. The molecule has 0 aliphatic heterocycles. The Morgan fingerprint density at radius 3 is 2.50 bits per heavy atom. The molecule has 7 nitrogen and oxygen atoms in total. The Labute approximate surface area is 197 Å². The van der Waals surface area contributed by atoms with Gasteiger partial charge in [-0.3, -0.25) is 0 Å². The molecule has 0 unspecified atom stereocenters. The number of oxime groups is 2. The normalized spacial score (nSPS) is 13.5. The van der Waals surface area contributed by atoms with Crippen LogP contribution in [0.5, 0.6) is 5.75 Å². The van der Waals surface area contributed by atoms with E-state index in [0.717, 1.165) is 67.4 Å². The smallest absolute Gasteiger partial charge is 0.139 e. The summed E-state index contributed by atoms with van der Waals surface area (Å²) in [6, 6.07) is 22.0.